The average Bonchev–Trinajstić information content (AvgIpc) is 3.47. The van der Waals surface area contributed by atoms with Gasteiger partial charge in [0, 0.05) is 19.6 Å². The quantitative estimate of drug-likeness (QED) is 0.350. The van der Waals surface area contributed by atoms with Crippen molar-refractivity contribution in [1.29, 1.82) is 0 Å². The molecule has 0 bridgehead atoms. The topological polar surface area (TPSA) is 167 Å². The van der Waals surface area contributed by atoms with Crippen LogP contribution in [0.3, 0.4) is 0 Å². The van der Waals surface area contributed by atoms with E-state index in [4.69, 9.17) is 19.9 Å². The van der Waals surface area contributed by atoms with E-state index in [0.29, 0.717) is 56.1 Å². The van der Waals surface area contributed by atoms with Crippen molar-refractivity contribution in [3.05, 3.63) is 12.7 Å². The number of ether oxygens (including phenoxy) is 3. The maximum Gasteiger partial charge on any atom is 0.217 e. The molecular formula is C19H28N6O6. The van der Waals surface area contributed by atoms with Gasteiger partial charge in [0.25, 0.3) is 0 Å². The third kappa shape index (κ3) is 4.93. The minimum absolute atomic E-state index is 0.112. The molecule has 0 radical (unpaired) electrons. The third-order valence-corrected chi connectivity index (χ3v) is 5.48. The van der Waals surface area contributed by atoms with Gasteiger partial charge in [0.1, 0.15) is 24.6 Å². The van der Waals surface area contributed by atoms with Crippen molar-refractivity contribution in [1.82, 2.24) is 19.5 Å². The summed E-state index contributed by atoms with van der Waals surface area (Å²) < 4.78 is 18.4. The van der Waals surface area contributed by atoms with Gasteiger partial charge >= 0.3 is 0 Å². The van der Waals surface area contributed by atoms with Crippen LogP contribution in [0.4, 0.5) is 5.82 Å². The lowest BCUT2D eigenvalue weighted by Crippen LogP contribution is -2.34. The van der Waals surface area contributed by atoms with Gasteiger partial charge < -0.3 is 35.5 Å². The van der Waals surface area contributed by atoms with Crippen LogP contribution in [-0.2, 0) is 19.0 Å². The zero-order chi connectivity index (χ0) is 21.8. The number of rotatable bonds is 10. The fraction of sp³-hybridized carbons (Fsp3) is 0.684. The average molecular weight is 436 g/mol. The van der Waals surface area contributed by atoms with E-state index in [1.807, 2.05) is 0 Å². The van der Waals surface area contributed by atoms with Gasteiger partial charge in [-0.15, -0.1) is 0 Å². The van der Waals surface area contributed by atoms with Crippen molar-refractivity contribution in [3.8, 4) is 0 Å². The van der Waals surface area contributed by atoms with E-state index in [9.17, 15) is 15.0 Å². The number of nitrogens with two attached hydrogens (primary N) is 1. The number of primary amides is 1. The Morgan fingerprint density at radius 2 is 2.16 bits per heavy atom. The molecule has 12 heteroatoms. The Morgan fingerprint density at radius 1 is 1.29 bits per heavy atom. The molecule has 2 aromatic rings. The second kappa shape index (κ2) is 9.83. The number of amides is 1. The van der Waals surface area contributed by atoms with E-state index in [0.717, 1.165) is 6.42 Å². The second-order valence-corrected chi connectivity index (χ2v) is 7.80. The monoisotopic (exact) mass is 436 g/mol. The summed E-state index contributed by atoms with van der Waals surface area (Å²) >= 11 is 0. The van der Waals surface area contributed by atoms with Gasteiger partial charge in [-0.05, 0) is 19.3 Å². The van der Waals surface area contributed by atoms with Crippen LogP contribution in [0, 0.1) is 0 Å². The molecule has 2 saturated heterocycles. The Morgan fingerprint density at radius 3 is 2.94 bits per heavy atom. The SMILES string of the molecule is NC(=O)CCCCOC[C@H]1O[C@@H](n2cnc3c(N[C@@H]4CCOC4)ncnc32)[C@H](O)[C@@H]1O. The van der Waals surface area contributed by atoms with Gasteiger partial charge in [-0.25, -0.2) is 15.0 Å². The Balaban J connectivity index is 1.39. The smallest absolute Gasteiger partial charge is 0.217 e. The minimum atomic E-state index is -1.17. The molecule has 31 heavy (non-hydrogen) atoms. The number of nitrogens with zero attached hydrogens (tertiary/aromatic N) is 4. The molecule has 4 heterocycles. The summed E-state index contributed by atoms with van der Waals surface area (Å²) in [5, 5.41) is 24.3. The first-order valence-electron chi connectivity index (χ1n) is 10.4. The predicted octanol–water partition coefficient (Wildman–Crippen LogP) is -0.681. The van der Waals surface area contributed by atoms with Crippen LogP contribution in [0.1, 0.15) is 31.9 Å². The summed E-state index contributed by atoms with van der Waals surface area (Å²) in [6, 6.07) is 0.155. The van der Waals surface area contributed by atoms with Gasteiger partial charge in [-0.3, -0.25) is 9.36 Å². The highest BCUT2D eigenvalue weighted by Crippen LogP contribution is 2.32. The van der Waals surface area contributed by atoms with E-state index < -0.39 is 24.5 Å². The highest BCUT2D eigenvalue weighted by Gasteiger charge is 2.44. The van der Waals surface area contributed by atoms with Crippen molar-refractivity contribution >= 4 is 22.9 Å². The van der Waals surface area contributed by atoms with Crippen LogP contribution in [0.5, 0.6) is 0 Å². The molecule has 12 nitrogen and oxygen atoms in total. The Kier molecular flexibility index (Phi) is 6.92. The summed E-state index contributed by atoms with van der Waals surface area (Å²) in [4.78, 5) is 23.7. The maximum atomic E-state index is 10.7. The predicted molar refractivity (Wildman–Crippen MR) is 108 cm³/mol. The van der Waals surface area contributed by atoms with E-state index in [1.54, 1.807) is 4.57 Å². The minimum Gasteiger partial charge on any atom is -0.387 e. The number of carbonyl (C=O) groups excluding carboxylic acids is 1. The number of aliphatic hydroxyl groups excluding tert-OH is 2. The van der Waals surface area contributed by atoms with Crippen molar-refractivity contribution in [2.24, 2.45) is 5.73 Å². The van der Waals surface area contributed by atoms with Gasteiger partial charge in [0.2, 0.25) is 5.91 Å². The lowest BCUT2D eigenvalue weighted by atomic mass is 10.1. The molecular weight excluding hydrogens is 408 g/mol. The Bertz CT molecular complexity index is 888. The molecule has 0 unspecified atom stereocenters. The standard InChI is InChI=1S/C19H28N6O6/c20-13(26)3-1-2-5-29-8-12-15(27)16(28)19(31-12)25-10-23-14-17(21-9-22-18(14)25)24-11-4-6-30-7-11/h9-12,15-16,19,27-28H,1-8H2,(H2,20,26)(H,21,22,24)/t11-,12-,15-,16-,19-/m1/s1. The molecule has 0 aliphatic carbocycles. The third-order valence-electron chi connectivity index (χ3n) is 5.48. The normalized spacial score (nSPS) is 28.4. The van der Waals surface area contributed by atoms with Gasteiger partial charge in [-0.2, -0.15) is 0 Å². The summed E-state index contributed by atoms with van der Waals surface area (Å²) in [6.07, 6.45) is 1.58. The molecule has 2 aromatic heterocycles. The molecule has 5 atom stereocenters. The van der Waals surface area contributed by atoms with E-state index in [2.05, 4.69) is 20.3 Å². The first-order chi connectivity index (χ1) is 15.0. The van der Waals surface area contributed by atoms with Crippen molar-refractivity contribution in [2.45, 2.75) is 56.3 Å². The Labute approximate surface area is 178 Å². The molecule has 4 rings (SSSR count). The summed E-state index contributed by atoms with van der Waals surface area (Å²) in [5.41, 5.74) is 6.14. The van der Waals surface area contributed by atoms with E-state index in [-0.39, 0.29) is 18.6 Å². The molecule has 0 saturated carbocycles. The van der Waals surface area contributed by atoms with Gasteiger partial charge in [0.15, 0.2) is 23.2 Å². The van der Waals surface area contributed by atoms with Crippen molar-refractivity contribution < 1.29 is 29.2 Å². The van der Waals surface area contributed by atoms with Gasteiger partial charge in [0.05, 0.1) is 25.6 Å². The first kappa shape index (κ1) is 21.8. The van der Waals surface area contributed by atoms with Gasteiger partial charge in [-0.1, -0.05) is 0 Å². The van der Waals surface area contributed by atoms with E-state index >= 15 is 0 Å². The maximum absolute atomic E-state index is 10.7. The zero-order valence-electron chi connectivity index (χ0n) is 17.1. The van der Waals surface area contributed by atoms with Crippen LogP contribution >= 0.6 is 0 Å². The first-order valence-corrected chi connectivity index (χ1v) is 10.4. The second-order valence-electron chi connectivity index (χ2n) is 7.80. The number of anilines is 1. The van der Waals surface area contributed by atoms with Crippen LogP contribution in [0.2, 0.25) is 0 Å². The highest BCUT2D eigenvalue weighted by atomic mass is 16.6. The molecule has 0 aromatic carbocycles. The van der Waals surface area contributed by atoms with E-state index in [1.165, 1.54) is 12.7 Å². The van der Waals surface area contributed by atoms with Crippen molar-refractivity contribution in [3.63, 3.8) is 0 Å². The largest absolute Gasteiger partial charge is 0.387 e. The molecule has 0 spiro atoms. The fourth-order valence-electron chi connectivity index (χ4n) is 3.78. The molecule has 2 aliphatic heterocycles. The Hall–Kier alpha value is -2.38. The molecule has 2 aliphatic rings. The zero-order valence-corrected chi connectivity index (χ0v) is 17.1. The summed E-state index contributed by atoms with van der Waals surface area (Å²) in [6.45, 7) is 1.82. The molecule has 1 amide bonds. The molecule has 5 N–H and O–H groups in total. The number of aromatic nitrogens is 4. The number of unbranched alkanes of at least 4 members (excludes halogenated alkanes) is 1. The molecule has 2 fully saturated rings. The van der Waals surface area contributed by atoms with Crippen molar-refractivity contribution in [2.75, 3.05) is 31.7 Å². The number of hydrogen-bond acceptors (Lipinski definition) is 10. The van der Waals surface area contributed by atoms with Crippen LogP contribution in [0.15, 0.2) is 12.7 Å². The van der Waals surface area contributed by atoms with Crippen LogP contribution in [-0.4, -0.2) is 86.4 Å². The number of carbonyl (C=O) groups is 1. The number of fused-ring (bicyclic) bond motifs is 1. The highest BCUT2D eigenvalue weighted by molar-refractivity contribution is 5.82. The lowest BCUT2D eigenvalue weighted by Gasteiger charge is -2.17. The summed E-state index contributed by atoms with van der Waals surface area (Å²) in [7, 11) is 0. The number of aliphatic hydroxyl groups is 2. The number of imidazole rings is 1. The number of hydrogen-bond donors (Lipinski definition) is 4. The fourth-order valence-corrected chi connectivity index (χ4v) is 3.78. The van der Waals surface area contributed by atoms with Crippen LogP contribution < -0.4 is 11.1 Å². The molecule has 170 valence electrons. The lowest BCUT2D eigenvalue weighted by molar-refractivity contribution is -0.118. The number of nitrogens with one attached hydrogen (secondary N) is 1. The van der Waals surface area contributed by atoms with Crippen LogP contribution in [0.25, 0.3) is 11.2 Å². The summed E-state index contributed by atoms with van der Waals surface area (Å²) in [5.74, 6) is 0.245.